The van der Waals surface area contributed by atoms with E-state index >= 15 is 0 Å². The maximum atomic E-state index is 12.7. The molecule has 1 saturated heterocycles. The van der Waals surface area contributed by atoms with E-state index in [0.717, 1.165) is 25.1 Å². The molecule has 0 bridgehead atoms. The molecular weight excluding hydrogens is 308 g/mol. The number of rotatable bonds is 3. The summed E-state index contributed by atoms with van der Waals surface area (Å²) in [6.45, 7) is 1.88. The van der Waals surface area contributed by atoms with Crippen LogP contribution in [0.15, 0.2) is 30.3 Å². The van der Waals surface area contributed by atoms with E-state index in [1.54, 1.807) is 0 Å². The van der Waals surface area contributed by atoms with Gasteiger partial charge in [0.1, 0.15) is 0 Å². The van der Waals surface area contributed by atoms with Crippen molar-refractivity contribution in [1.29, 1.82) is 0 Å². The van der Waals surface area contributed by atoms with Gasteiger partial charge in [-0.05, 0) is 36.7 Å². The Hall–Kier alpha value is -1.06. The van der Waals surface area contributed by atoms with E-state index in [2.05, 4.69) is 4.90 Å². The van der Waals surface area contributed by atoms with Crippen LogP contribution in [0.25, 0.3) is 0 Å². The van der Waals surface area contributed by atoms with Crippen molar-refractivity contribution in [1.82, 2.24) is 4.90 Å². The number of likely N-dealkylation sites (tertiary alicyclic amines) is 1. The van der Waals surface area contributed by atoms with Gasteiger partial charge in [0.2, 0.25) is 5.91 Å². The van der Waals surface area contributed by atoms with E-state index in [9.17, 15) is 4.79 Å². The van der Waals surface area contributed by atoms with Crippen LogP contribution in [0.4, 0.5) is 0 Å². The minimum Gasteiger partial charge on any atom is -0.342 e. The third-order valence-electron chi connectivity index (χ3n) is 5.55. The minimum atomic E-state index is -0.182. The molecule has 1 heterocycles. The minimum absolute atomic E-state index is 0. The summed E-state index contributed by atoms with van der Waals surface area (Å²) in [5, 5.41) is 0. The number of hydrogen-bond acceptors (Lipinski definition) is 2. The zero-order chi connectivity index (χ0) is 15.4. The normalized spacial score (nSPS) is 21.5. The zero-order valence-electron chi connectivity index (χ0n) is 13.9. The fourth-order valence-corrected chi connectivity index (χ4v) is 4.27. The summed E-state index contributed by atoms with van der Waals surface area (Å²) >= 11 is 0. The lowest BCUT2D eigenvalue weighted by atomic mass is 9.69. The van der Waals surface area contributed by atoms with Gasteiger partial charge in [-0.15, -0.1) is 12.4 Å². The molecule has 0 aromatic heterocycles. The molecule has 2 aliphatic rings. The molecule has 0 radical (unpaired) electrons. The molecule has 3 rings (SSSR count). The van der Waals surface area contributed by atoms with Gasteiger partial charge in [0.05, 0.1) is 0 Å². The van der Waals surface area contributed by atoms with Crippen molar-refractivity contribution in [2.24, 2.45) is 11.1 Å². The smallest absolute Gasteiger partial charge is 0.224 e. The van der Waals surface area contributed by atoms with Gasteiger partial charge in [0, 0.05) is 25.6 Å². The first-order chi connectivity index (χ1) is 10.7. The molecular formula is C19H29ClN2O. The summed E-state index contributed by atoms with van der Waals surface area (Å²) in [6.07, 6.45) is 9.56. The first-order valence-corrected chi connectivity index (χ1v) is 8.77. The number of nitrogens with two attached hydrogens (primary N) is 1. The van der Waals surface area contributed by atoms with Crippen molar-refractivity contribution < 1.29 is 4.79 Å². The highest BCUT2D eigenvalue weighted by molar-refractivity contribution is 5.85. The second kappa shape index (κ2) is 8.16. The van der Waals surface area contributed by atoms with Crippen LogP contribution in [0.1, 0.15) is 63.0 Å². The largest absolute Gasteiger partial charge is 0.342 e. The Labute approximate surface area is 146 Å². The number of carbonyl (C=O) groups is 1. The maximum Gasteiger partial charge on any atom is 0.224 e. The number of piperidine rings is 1. The van der Waals surface area contributed by atoms with Crippen LogP contribution in [0, 0.1) is 5.41 Å². The zero-order valence-corrected chi connectivity index (χ0v) is 14.7. The standard InChI is InChI=1S/C19H28N2O.ClH/c20-17(16-8-3-1-4-9-16)14-18(22)21-13-7-12-19(15-21)10-5-2-6-11-19;/h1,3-4,8-9,17H,2,5-7,10-15,20H2;1H. The summed E-state index contributed by atoms with van der Waals surface area (Å²) in [5.41, 5.74) is 7.70. The molecule has 1 aromatic carbocycles. The Morgan fingerprint density at radius 3 is 2.43 bits per heavy atom. The van der Waals surface area contributed by atoms with Crippen molar-refractivity contribution >= 4 is 18.3 Å². The van der Waals surface area contributed by atoms with E-state index in [1.165, 1.54) is 38.5 Å². The molecule has 1 spiro atoms. The molecule has 1 unspecified atom stereocenters. The number of amides is 1. The fourth-order valence-electron chi connectivity index (χ4n) is 4.27. The molecule has 128 valence electrons. The van der Waals surface area contributed by atoms with Crippen LogP contribution < -0.4 is 5.73 Å². The Balaban J connectivity index is 0.00000192. The van der Waals surface area contributed by atoms with E-state index < -0.39 is 0 Å². The monoisotopic (exact) mass is 336 g/mol. The van der Waals surface area contributed by atoms with Gasteiger partial charge in [-0.3, -0.25) is 4.79 Å². The maximum absolute atomic E-state index is 12.7. The number of nitrogens with zero attached hydrogens (tertiary/aromatic N) is 1. The van der Waals surface area contributed by atoms with Crippen molar-refractivity contribution in [3.8, 4) is 0 Å². The highest BCUT2D eigenvalue weighted by Crippen LogP contribution is 2.43. The Morgan fingerprint density at radius 1 is 1.09 bits per heavy atom. The Morgan fingerprint density at radius 2 is 1.74 bits per heavy atom. The predicted molar refractivity (Wildman–Crippen MR) is 96.6 cm³/mol. The van der Waals surface area contributed by atoms with Gasteiger partial charge in [-0.1, -0.05) is 49.6 Å². The lowest BCUT2D eigenvalue weighted by molar-refractivity contribution is -0.135. The average molecular weight is 337 g/mol. The lowest BCUT2D eigenvalue weighted by Crippen LogP contribution is -2.47. The van der Waals surface area contributed by atoms with Crippen LogP contribution in [0.5, 0.6) is 0 Å². The van der Waals surface area contributed by atoms with Gasteiger partial charge in [0.15, 0.2) is 0 Å². The second-order valence-electron chi connectivity index (χ2n) is 7.20. The first kappa shape index (κ1) is 18.3. The summed E-state index contributed by atoms with van der Waals surface area (Å²) < 4.78 is 0. The SMILES string of the molecule is Cl.NC(CC(=O)N1CCCC2(CCCCC2)C1)c1ccccc1. The van der Waals surface area contributed by atoms with Gasteiger partial charge in [-0.2, -0.15) is 0 Å². The molecule has 2 fully saturated rings. The van der Waals surface area contributed by atoms with Gasteiger partial charge >= 0.3 is 0 Å². The molecule has 1 atom stereocenters. The van der Waals surface area contributed by atoms with Crippen molar-refractivity contribution in [2.75, 3.05) is 13.1 Å². The predicted octanol–water partition coefficient (Wildman–Crippen LogP) is 4.07. The van der Waals surface area contributed by atoms with Crippen molar-refractivity contribution in [2.45, 2.75) is 57.4 Å². The van der Waals surface area contributed by atoms with Crippen LogP contribution in [-0.2, 0) is 4.79 Å². The number of hydrogen-bond donors (Lipinski definition) is 1. The molecule has 2 N–H and O–H groups in total. The molecule has 1 aromatic rings. The van der Waals surface area contributed by atoms with E-state index in [1.807, 2.05) is 30.3 Å². The van der Waals surface area contributed by atoms with Gasteiger partial charge in [-0.25, -0.2) is 0 Å². The third-order valence-corrected chi connectivity index (χ3v) is 5.55. The van der Waals surface area contributed by atoms with Crippen molar-refractivity contribution in [3.63, 3.8) is 0 Å². The van der Waals surface area contributed by atoms with Crippen LogP contribution in [0.2, 0.25) is 0 Å². The van der Waals surface area contributed by atoms with Gasteiger partial charge in [0.25, 0.3) is 0 Å². The van der Waals surface area contributed by atoms with E-state index in [4.69, 9.17) is 5.73 Å². The number of halogens is 1. The van der Waals surface area contributed by atoms with Crippen LogP contribution in [-0.4, -0.2) is 23.9 Å². The summed E-state index contributed by atoms with van der Waals surface area (Å²) in [4.78, 5) is 14.7. The molecule has 3 nitrogen and oxygen atoms in total. The quantitative estimate of drug-likeness (QED) is 0.904. The molecule has 23 heavy (non-hydrogen) atoms. The number of carbonyl (C=O) groups excluding carboxylic acids is 1. The van der Waals surface area contributed by atoms with E-state index in [0.29, 0.717) is 11.8 Å². The summed E-state index contributed by atoms with van der Waals surface area (Å²) in [6, 6.07) is 9.79. The molecule has 1 aliphatic carbocycles. The Bertz CT molecular complexity index is 494. The van der Waals surface area contributed by atoms with Crippen LogP contribution >= 0.6 is 12.4 Å². The summed E-state index contributed by atoms with van der Waals surface area (Å²) in [7, 11) is 0. The highest BCUT2D eigenvalue weighted by atomic mass is 35.5. The van der Waals surface area contributed by atoms with Gasteiger partial charge < -0.3 is 10.6 Å². The molecule has 4 heteroatoms. The Kier molecular flexibility index (Phi) is 6.49. The first-order valence-electron chi connectivity index (χ1n) is 8.77. The fraction of sp³-hybridized carbons (Fsp3) is 0.632. The summed E-state index contributed by atoms with van der Waals surface area (Å²) in [5.74, 6) is 0.237. The average Bonchev–Trinajstić information content (AvgIpc) is 2.56. The molecule has 1 saturated carbocycles. The molecule has 1 amide bonds. The highest BCUT2D eigenvalue weighted by Gasteiger charge is 2.37. The molecule has 1 aliphatic heterocycles. The second-order valence-corrected chi connectivity index (χ2v) is 7.20. The van der Waals surface area contributed by atoms with Crippen molar-refractivity contribution in [3.05, 3.63) is 35.9 Å². The third kappa shape index (κ3) is 4.48. The number of benzene rings is 1. The lowest BCUT2D eigenvalue weighted by Gasteiger charge is -2.45. The topological polar surface area (TPSA) is 46.3 Å². The van der Waals surface area contributed by atoms with E-state index in [-0.39, 0.29) is 24.4 Å². The van der Waals surface area contributed by atoms with Crippen LogP contribution in [0.3, 0.4) is 0 Å².